The summed E-state index contributed by atoms with van der Waals surface area (Å²) in [6.07, 6.45) is 4.92. The Hall–Kier alpha value is -3.88. The van der Waals surface area contributed by atoms with Crippen molar-refractivity contribution in [2.45, 2.75) is 25.3 Å². The summed E-state index contributed by atoms with van der Waals surface area (Å²) in [5, 5.41) is 7.10. The summed E-state index contributed by atoms with van der Waals surface area (Å²) in [5.74, 6) is -0.330. The van der Waals surface area contributed by atoms with E-state index in [9.17, 15) is 13.6 Å². The van der Waals surface area contributed by atoms with Gasteiger partial charge in [0.15, 0.2) is 5.65 Å². The molecule has 2 atom stereocenters. The van der Waals surface area contributed by atoms with Crippen LogP contribution >= 0.6 is 0 Å². The summed E-state index contributed by atoms with van der Waals surface area (Å²) in [4.78, 5) is 23.7. The van der Waals surface area contributed by atoms with Gasteiger partial charge in [0, 0.05) is 24.0 Å². The Labute approximate surface area is 188 Å². The number of carbonyl (C=O) groups excluding carboxylic acids is 1. The van der Waals surface area contributed by atoms with Crippen LogP contribution in [0.15, 0.2) is 54.9 Å². The van der Waals surface area contributed by atoms with Crippen molar-refractivity contribution >= 4 is 23.1 Å². The Morgan fingerprint density at radius 2 is 2.06 bits per heavy atom. The van der Waals surface area contributed by atoms with Crippen molar-refractivity contribution in [1.82, 2.24) is 19.6 Å². The third-order valence-electron chi connectivity index (χ3n) is 6.65. The lowest BCUT2D eigenvalue weighted by Crippen LogP contribution is -2.34. The second-order valence-electron chi connectivity index (χ2n) is 8.62. The van der Waals surface area contributed by atoms with E-state index in [0.717, 1.165) is 24.6 Å². The first-order valence-corrected chi connectivity index (χ1v) is 10.8. The third-order valence-corrected chi connectivity index (χ3v) is 6.65. The van der Waals surface area contributed by atoms with Crippen molar-refractivity contribution < 1.29 is 13.6 Å². The van der Waals surface area contributed by atoms with Crippen LogP contribution in [0.25, 0.3) is 5.65 Å². The minimum Gasteiger partial charge on any atom is -0.346 e. The van der Waals surface area contributed by atoms with Gasteiger partial charge in [0.25, 0.3) is 5.91 Å². The molecule has 1 N–H and O–H groups in total. The first-order chi connectivity index (χ1) is 16.0. The van der Waals surface area contributed by atoms with Crippen LogP contribution in [0.2, 0.25) is 0 Å². The summed E-state index contributed by atoms with van der Waals surface area (Å²) >= 11 is 0. The fourth-order valence-corrected chi connectivity index (χ4v) is 5.05. The van der Waals surface area contributed by atoms with E-state index in [1.807, 2.05) is 19.1 Å². The van der Waals surface area contributed by atoms with Gasteiger partial charge in [-0.25, -0.2) is 23.3 Å². The number of aromatic nitrogens is 4. The highest BCUT2D eigenvalue weighted by Crippen LogP contribution is 2.63. The number of aryl methyl sites for hydroxylation is 1. The molecule has 2 aliphatic rings. The number of halogens is 2. The normalized spacial score (nSPS) is 21.3. The predicted octanol–water partition coefficient (Wildman–Crippen LogP) is 4.09. The number of nitrogens with zero attached hydrogens (tertiary/aromatic N) is 5. The standard InChI is InChI=1S/C24H20F2N6O/c1-14-3-2-4-19(28-14)23(33)29-20-13-27-32-10-8-21(30-22(20)32)31-9-7-15-12-24(15,31)17-11-16(25)5-6-18(17)26/h2-6,8,10-11,13,15H,7,9,12H2,1H3,(H,29,33)/t15-,24+/m0/s1. The summed E-state index contributed by atoms with van der Waals surface area (Å²) in [6.45, 7) is 2.51. The molecule has 2 fully saturated rings. The first kappa shape index (κ1) is 19.8. The van der Waals surface area contributed by atoms with E-state index in [-0.39, 0.29) is 11.8 Å². The maximum absolute atomic E-state index is 14.7. The highest BCUT2D eigenvalue weighted by atomic mass is 19.1. The van der Waals surface area contributed by atoms with Crippen LogP contribution in [0.1, 0.15) is 34.6 Å². The van der Waals surface area contributed by atoms with Gasteiger partial charge in [0.1, 0.15) is 28.8 Å². The van der Waals surface area contributed by atoms with Gasteiger partial charge in [0.05, 0.1) is 11.7 Å². The minimum atomic E-state index is -0.591. The fourth-order valence-electron chi connectivity index (χ4n) is 5.05. The smallest absolute Gasteiger partial charge is 0.274 e. The number of piperidine rings is 1. The van der Waals surface area contributed by atoms with Gasteiger partial charge < -0.3 is 10.2 Å². The van der Waals surface area contributed by atoms with Crippen molar-refractivity contribution in [3.63, 3.8) is 0 Å². The number of anilines is 2. The Bertz CT molecular complexity index is 1420. The number of pyridine rings is 1. The number of hydrogen-bond acceptors (Lipinski definition) is 5. The van der Waals surface area contributed by atoms with Gasteiger partial charge in [-0.3, -0.25) is 4.79 Å². The molecule has 0 unspecified atom stereocenters. The molecule has 6 rings (SSSR count). The molecule has 3 aromatic heterocycles. The molecule has 0 radical (unpaired) electrons. The predicted molar refractivity (Wildman–Crippen MR) is 118 cm³/mol. The summed E-state index contributed by atoms with van der Waals surface area (Å²) in [7, 11) is 0. The van der Waals surface area contributed by atoms with Gasteiger partial charge in [-0.2, -0.15) is 5.10 Å². The molecule has 7 nitrogen and oxygen atoms in total. The molecule has 1 saturated carbocycles. The molecule has 1 amide bonds. The Morgan fingerprint density at radius 3 is 2.88 bits per heavy atom. The molecule has 1 aliphatic heterocycles. The van der Waals surface area contributed by atoms with Crippen LogP contribution in [0.5, 0.6) is 0 Å². The quantitative estimate of drug-likeness (QED) is 0.511. The number of rotatable bonds is 4. The average molecular weight is 446 g/mol. The number of nitrogens with one attached hydrogen (secondary N) is 1. The Morgan fingerprint density at radius 1 is 1.18 bits per heavy atom. The maximum atomic E-state index is 14.7. The van der Waals surface area contributed by atoms with Crippen LogP contribution in [0.4, 0.5) is 20.3 Å². The zero-order valence-corrected chi connectivity index (χ0v) is 17.8. The molecule has 9 heteroatoms. The van der Waals surface area contributed by atoms with E-state index in [1.165, 1.54) is 18.3 Å². The van der Waals surface area contributed by atoms with E-state index >= 15 is 0 Å². The Balaban J connectivity index is 1.36. The number of hydrogen-bond donors (Lipinski definition) is 1. The van der Waals surface area contributed by atoms with E-state index in [1.54, 1.807) is 22.8 Å². The van der Waals surface area contributed by atoms with Crippen LogP contribution in [0.3, 0.4) is 0 Å². The lowest BCUT2D eigenvalue weighted by molar-refractivity contribution is 0.102. The van der Waals surface area contributed by atoms with Crippen LogP contribution in [-0.2, 0) is 5.54 Å². The van der Waals surface area contributed by atoms with Gasteiger partial charge in [0.2, 0.25) is 0 Å². The lowest BCUT2D eigenvalue weighted by atomic mass is 10.0. The second-order valence-corrected chi connectivity index (χ2v) is 8.62. The van der Waals surface area contributed by atoms with Gasteiger partial charge in [-0.1, -0.05) is 6.07 Å². The monoisotopic (exact) mass is 446 g/mol. The van der Waals surface area contributed by atoms with Crippen molar-refractivity contribution in [1.29, 1.82) is 0 Å². The summed E-state index contributed by atoms with van der Waals surface area (Å²) < 4.78 is 30.2. The van der Waals surface area contributed by atoms with E-state index in [0.29, 0.717) is 35.0 Å². The molecular formula is C24H20F2N6O. The van der Waals surface area contributed by atoms with Crippen molar-refractivity contribution in [2.24, 2.45) is 5.92 Å². The molecule has 4 aromatic rings. The molecule has 0 bridgehead atoms. The van der Waals surface area contributed by atoms with E-state index in [2.05, 4.69) is 20.3 Å². The number of carbonyl (C=O) groups is 1. The molecular weight excluding hydrogens is 426 g/mol. The largest absolute Gasteiger partial charge is 0.346 e. The lowest BCUT2D eigenvalue weighted by Gasteiger charge is -2.30. The first-order valence-electron chi connectivity index (χ1n) is 10.8. The zero-order valence-electron chi connectivity index (χ0n) is 17.8. The molecule has 1 aromatic carbocycles. The zero-order chi connectivity index (χ0) is 22.7. The number of benzene rings is 1. The summed E-state index contributed by atoms with van der Waals surface area (Å²) in [5.41, 5.74) is 1.73. The molecule has 1 saturated heterocycles. The topological polar surface area (TPSA) is 75.4 Å². The minimum absolute atomic E-state index is 0.253. The van der Waals surface area contributed by atoms with Gasteiger partial charge in [-0.15, -0.1) is 0 Å². The maximum Gasteiger partial charge on any atom is 0.274 e. The van der Waals surface area contributed by atoms with E-state index < -0.39 is 17.2 Å². The molecule has 33 heavy (non-hydrogen) atoms. The van der Waals surface area contributed by atoms with Gasteiger partial charge in [-0.05, 0) is 62.1 Å². The SMILES string of the molecule is Cc1cccc(C(=O)Nc2cnn3ccc(N4CC[C@H]5C[C@]54c4cc(F)ccc4F)nc23)n1. The van der Waals surface area contributed by atoms with Crippen LogP contribution < -0.4 is 10.2 Å². The van der Waals surface area contributed by atoms with Crippen LogP contribution in [-0.4, -0.2) is 32.0 Å². The Kier molecular flexibility index (Phi) is 4.23. The van der Waals surface area contributed by atoms with Crippen molar-refractivity contribution in [3.8, 4) is 0 Å². The van der Waals surface area contributed by atoms with Crippen molar-refractivity contribution in [3.05, 3.63) is 83.4 Å². The molecule has 4 heterocycles. The third kappa shape index (κ3) is 3.06. The second kappa shape index (κ2) is 7.06. The highest BCUT2D eigenvalue weighted by Gasteiger charge is 2.64. The molecule has 0 spiro atoms. The van der Waals surface area contributed by atoms with Gasteiger partial charge >= 0.3 is 0 Å². The molecule has 166 valence electrons. The van der Waals surface area contributed by atoms with Crippen molar-refractivity contribution in [2.75, 3.05) is 16.8 Å². The average Bonchev–Trinajstić information content (AvgIpc) is 3.21. The van der Waals surface area contributed by atoms with Crippen LogP contribution in [0, 0.1) is 24.5 Å². The summed E-state index contributed by atoms with van der Waals surface area (Å²) in [6, 6.07) is 10.7. The number of amides is 1. The fraction of sp³-hybridized carbons (Fsp3) is 0.250. The number of fused-ring (bicyclic) bond motifs is 2. The van der Waals surface area contributed by atoms with E-state index in [4.69, 9.17) is 4.98 Å². The highest BCUT2D eigenvalue weighted by molar-refractivity contribution is 6.04. The molecule has 1 aliphatic carbocycles.